The zero-order valence-corrected chi connectivity index (χ0v) is 23.5. The number of ether oxygens (including phenoxy) is 2. The molecule has 0 unspecified atom stereocenters. The Bertz CT molecular complexity index is 1040. The highest BCUT2D eigenvalue weighted by Gasteiger charge is 2.24. The van der Waals surface area contributed by atoms with Gasteiger partial charge in [-0.15, -0.1) is 0 Å². The first-order chi connectivity index (χ1) is 17.5. The zero-order valence-electron chi connectivity index (χ0n) is 22.7. The van der Waals surface area contributed by atoms with Crippen LogP contribution in [0.1, 0.15) is 85.1 Å². The highest BCUT2D eigenvalue weighted by atomic mass is 32.2. The number of nitrogens with one attached hydrogen (secondary N) is 1. The molecule has 0 aliphatic carbocycles. The van der Waals surface area contributed by atoms with E-state index in [1.165, 1.54) is 11.9 Å². The summed E-state index contributed by atoms with van der Waals surface area (Å²) in [6.45, 7) is 10.4. The van der Waals surface area contributed by atoms with Gasteiger partial charge in [0.2, 0.25) is 15.9 Å². The maximum Gasteiger partial charge on any atom is 0.313 e. The molecule has 0 atom stereocenters. The largest absolute Gasteiger partial charge is 0.493 e. The molecule has 11 heteroatoms. The molecular weight excluding hydrogens is 498 g/mol. The van der Waals surface area contributed by atoms with Crippen molar-refractivity contribution in [2.45, 2.75) is 91.0 Å². The number of carbonyl (C=O) groups is 3. The third kappa shape index (κ3) is 12.3. The Balaban J connectivity index is 0.000000649. The van der Waals surface area contributed by atoms with Crippen LogP contribution in [0.2, 0.25) is 0 Å². The molecule has 10 nitrogen and oxygen atoms in total. The molecule has 1 aromatic carbocycles. The number of esters is 1. The number of amides is 1. The van der Waals surface area contributed by atoms with Crippen molar-refractivity contribution in [1.82, 2.24) is 9.73 Å². The molecule has 1 aromatic rings. The second-order valence-electron chi connectivity index (χ2n) is 8.72. The predicted octanol–water partition coefficient (Wildman–Crippen LogP) is 3.97. The lowest BCUT2D eigenvalue weighted by Crippen LogP contribution is -2.25. The first-order valence-corrected chi connectivity index (χ1v) is 14.3. The lowest BCUT2D eigenvalue weighted by Gasteiger charge is -2.17. The molecule has 1 aliphatic heterocycles. The lowest BCUT2D eigenvalue weighted by molar-refractivity contribution is -0.145. The summed E-state index contributed by atoms with van der Waals surface area (Å²) >= 11 is 0. The highest BCUT2D eigenvalue weighted by Crippen LogP contribution is 2.26. The first kappa shape index (κ1) is 32.2. The van der Waals surface area contributed by atoms with E-state index in [1.807, 2.05) is 6.92 Å². The van der Waals surface area contributed by atoms with Crippen LogP contribution in [-0.2, 0) is 35.7 Å². The van der Waals surface area contributed by atoms with E-state index in [-0.39, 0.29) is 29.6 Å². The van der Waals surface area contributed by atoms with E-state index in [2.05, 4.69) is 21.5 Å². The number of hydrogen-bond acceptors (Lipinski definition) is 8. The van der Waals surface area contributed by atoms with E-state index in [0.29, 0.717) is 37.5 Å². The molecule has 1 N–H and O–H groups in total. The molecule has 1 amide bonds. The van der Waals surface area contributed by atoms with Crippen LogP contribution < -0.4 is 9.46 Å². The number of nitrogens with zero attached hydrogens (tertiary/aromatic N) is 2. The summed E-state index contributed by atoms with van der Waals surface area (Å²) in [7, 11) is -3.61. The fourth-order valence-electron chi connectivity index (χ4n) is 3.35. The third-order valence-electron chi connectivity index (χ3n) is 5.13. The van der Waals surface area contributed by atoms with Gasteiger partial charge < -0.3 is 9.47 Å². The van der Waals surface area contributed by atoms with Crippen LogP contribution in [0.3, 0.4) is 0 Å². The molecule has 0 bridgehead atoms. The zero-order chi connectivity index (χ0) is 27.8. The summed E-state index contributed by atoms with van der Waals surface area (Å²) in [4.78, 5) is 32.9. The van der Waals surface area contributed by atoms with Crippen molar-refractivity contribution < 1.29 is 32.3 Å². The summed E-state index contributed by atoms with van der Waals surface area (Å²) in [6.07, 6.45) is 5.04. The maximum absolute atomic E-state index is 12.6. The number of unbranched alkanes of at least 4 members (excludes halogenated alkanes) is 3. The summed E-state index contributed by atoms with van der Waals surface area (Å²) in [5.74, 6) is -0.115. The summed E-state index contributed by atoms with van der Waals surface area (Å²) in [5, 5.41) is 5.61. The average molecular weight is 540 g/mol. The van der Waals surface area contributed by atoms with E-state index in [4.69, 9.17) is 4.74 Å². The van der Waals surface area contributed by atoms with Gasteiger partial charge in [0.25, 0.3) is 0 Å². The van der Waals surface area contributed by atoms with Crippen molar-refractivity contribution in [2.75, 3.05) is 19.8 Å². The van der Waals surface area contributed by atoms with Gasteiger partial charge in [0.05, 0.1) is 31.1 Å². The number of hydrazone groups is 1. The van der Waals surface area contributed by atoms with Crippen molar-refractivity contribution in [3.05, 3.63) is 23.8 Å². The van der Waals surface area contributed by atoms with Crippen LogP contribution in [0.15, 0.2) is 28.2 Å². The molecule has 0 fully saturated rings. The molecule has 0 radical (unpaired) electrons. The quantitative estimate of drug-likeness (QED) is 0.203. The molecule has 2 rings (SSSR count). The number of Topliss-reactive ketones (excluding diaryl/α,β-unsaturated/α-hetero) is 1. The van der Waals surface area contributed by atoms with Gasteiger partial charge in [0.1, 0.15) is 18.0 Å². The van der Waals surface area contributed by atoms with Gasteiger partial charge in [0, 0.05) is 17.8 Å². The van der Waals surface area contributed by atoms with Crippen molar-refractivity contribution >= 4 is 33.4 Å². The van der Waals surface area contributed by atoms with Crippen molar-refractivity contribution in [1.29, 1.82) is 0 Å². The van der Waals surface area contributed by atoms with E-state index in [0.717, 1.165) is 37.8 Å². The van der Waals surface area contributed by atoms with Gasteiger partial charge in [-0.3, -0.25) is 14.4 Å². The molecule has 208 valence electrons. The van der Waals surface area contributed by atoms with Crippen LogP contribution in [0, 0.1) is 0 Å². The Morgan fingerprint density at radius 3 is 2.41 bits per heavy atom. The van der Waals surface area contributed by atoms with Crippen LogP contribution in [0.5, 0.6) is 5.75 Å². The maximum atomic E-state index is 12.6. The number of benzene rings is 1. The van der Waals surface area contributed by atoms with Gasteiger partial charge in [-0.05, 0) is 51.8 Å². The first-order valence-electron chi connectivity index (χ1n) is 12.8. The summed E-state index contributed by atoms with van der Waals surface area (Å²) in [6, 6.07) is 4.78. The van der Waals surface area contributed by atoms with Gasteiger partial charge in [-0.25, -0.2) is 18.1 Å². The fraction of sp³-hybridized carbons (Fsp3) is 0.615. The van der Waals surface area contributed by atoms with Crippen molar-refractivity contribution in [2.24, 2.45) is 5.10 Å². The van der Waals surface area contributed by atoms with E-state index >= 15 is 0 Å². The topological polar surface area (TPSA) is 131 Å². The van der Waals surface area contributed by atoms with E-state index < -0.39 is 16.0 Å². The molecule has 1 heterocycles. The van der Waals surface area contributed by atoms with Crippen LogP contribution in [0.4, 0.5) is 0 Å². The van der Waals surface area contributed by atoms with Crippen molar-refractivity contribution in [3.63, 3.8) is 0 Å². The lowest BCUT2D eigenvalue weighted by atomic mass is 10.2. The Hall–Kier alpha value is -2.79. The Labute approximate surface area is 220 Å². The second-order valence-corrected chi connectivity index (χ2v) is 10.5. The third-order valence-corrected chi connectivity index (χ3v) is 6.59. The summed E-state index contributed by atoms with van der Waals surface area (Å²) in [5.41, 5.74) is 1.38. The Morgan fingerprint density at radius 1 is 1.11 bits per heavy atom. The minimum Gasteiger partial charge on any atom is -0.493 e. The molecule has 0 saturated carbocycles. The van der Waals surface area contributed by atoms with E-state index in [1.54, 1.807) is 32.0 Å². The smallest absolute Gasteiger partial charge is 0.313 e. The van der Waals surface area contributed by atoms with Crippen LogP contribution >= 0.6 is 0 Å². The van der Waals surface area contributed by atoms with Gasteiger partial charge >= 0.3 is 5.97 Å². The minimum absolute atomic E-state index is 0.0961. The van der Waals surface area contributed by atoms with E-state index in [9.17, 15) is 22.8 Å². The molecule has 0 spiro atoms. The molecular formula is C26H41N3O7S. The molecule has 1 aliphatic rings. The number of rotatable bonds is 15. The summed E-state index contributed by atoms with van der Waals surface area (Å²) < 4.78 is 38.2. The molecule has 37 heavy (non-hydrogen) atoms. The second kappa shape index (κ2) is 16.9. The van der Waals surface area contributed by atoms with Crippen LogP contribution in [-0.4, -0.2) is 56.6 Å². The molecule has 0 saturated heterocycles. The number of hydrogen-bond donors (Lipinski definition) is 1. The minimum atomic E-state index is -3.61. The van der Waals surface area contributed by atoms with Crippen molar-refractivity contribution in [3.8, 4) is 5.75 Å². The van der Waals surface area contributed by atoms with Crippen LogP contribution in [0.25, 0.3) is 0 Å². The average Bonchev–Trinajstić information content (AvgIpc) is 3.14. The van der Waals surface area contributed by atoms with Gasteiger partial charge in [-0.1, -0.05) is 33.1 Å². The number of carbonyl (C=O) groups excluding carboxylic acids is 3. The normalized spacial score (nSPS) is 13.1. The predicted molar refractivity (Wildman–Crippen MR) is 142 cm³/mol. The molecule has 0 aromatic heterocycles. The SMILES string of the molecule is CCCCCCNS(=O)(=O)c1ccc(OCCC)c(CN2N=C(C)CC2=O)c1.CCOC(=O)CC(C)=O. The highest BCUT2D eigenvalue weighted by molar-refractivity contribution is 7.89. The Morgan fingerprint density at radius 2 is 1.84 bits per heavy atom. The number of sulfonamides is 1. The standard InChI is InChI=1S/C20H31N3O4S.C6H10O3/c1-4-6-7-8-11-21-28(25,26)18-9-10-19(27-12-5-2)17(14-18)15-23-20(24)13-16(3)22-23;1-3-9-6(8)4-5(2)7/h9-10,14,21H,4-8,11-13,15H2,1-3H3;3-4H2,1-2H3. The number of ketones is 1. The van der Waals surface area contributed by atoms with Gasteiger partial charge in [0.15, 0.2) is 0 Å². The van der Waals surface area contributed by atoms with Gasteiger partial charge in [-0.2, -0.15) is 5.10 Å². The fourth-order valence-corrected chi connectivity index (χ4v) is 4.47. The Kier molecular flexibility index (Phi) is 14.7. The monoisotopic (exact) mass is 539 g/mol.